The maximum Gasteiger partial charge on any atom is 0.248 e. The number of nitrogens with zero attached hydrogens (tertiary/aromatic N) is 7. The van der Waals surface area contributed by atoms with Crippen LogP contribution >= 0.6 is 11.5 Å². The zero-order valence-corrected chi connectivity index (χ0v) is 15.9. The van der Waals surface area contributed by atoms with E-state index in [2.05, 4.69) is 30.0 Å². The van der Waals surface area contributed by atoms with Gasteiger partial charge in [-0.3, -0.25) is 4.57 Å². The van der Waals surface area contributed by atoms with Gasteiger partial charge in [-0.2, -0.15) is 9.36 Å². The average Bonchev–Trinajstić information content (AvgIpc) is 3.51. The van der Waals surface area contributed by atoms with Crippen LogP contribution in [-0.2, 0) is 13.0 Å². The van der Waals surface area contributed by atoms with Gasteiger partial charge in [0.25, 0.3) is 0 Å². The first-order valence-electron chi connectivity index (χ1n) is 8.72. The Balaban J connectivity index is 1.25. The van der Waals surface area contributed by atoms with Crippen molar-refractivity contribution in [2.75, 3.05) is 18.7 Å². The van der Waals surface area contributed by atoms with Gasteiger partial charge >= 0.3 is 0 Å². The largest absolute Gasteiger partial charge is 0.454 e. The van der Waals surface area contributed by atoms with Crippen molar-refractivity contribution in [1.82, 2.24) is 28.5 Å². The SMILES string of the molecule is CN(c1cn(CCc2ccc3c(c2)OCO3)cn1)c1nc(-n2ccnc2)ns1. The number of benzene rings is 1. The lowest BCUT2D eigenvalue weighted by molar-refractivity contribution is 0.174. The van der Waals surface area contributed by atoms with Crippen molar-refractivity contribution in [2.24, 2.45) is 0 Å². The number of imidazole rings is 2. The highest BCUT2D eigenvalue weighted by atomic mass is 32.1. The fourth-order valence-corrected chi connectivity index (χ4v) is 3.56. The molecule has 4 heterocycles. The molecule has 0 unspecified atom stereocenters. The van der Waals surface area contributed by atoms with Gasteiger partial charge in [-0.05, 0) is 24.1 Å². The minimum Gasteiger partial charge on any atom is -0.454 e. The van der Waals surface area contributed by atoms with Crippen molar-refractivity contribution in [3.05, 3.63) is 55.0 Å². The monoisotopic (exact) mass is 395 g/mol. The lowest BCUT2D eigenvalue weighted by Crippen LogP contribution is -2.09. The first-order chi connectivity index (χ1) is 13.8. The van der Waals surface area contributed by atoms with E-state index >= 15 is 0 Å². The second-order valence-electron chi connectivity index (χ2n) is 6.31. The van der Waals surface area contributed by atoms with Gasteiger partial charge in [0, 0.05) is 43.7 Å². The molecule has 1 aromatic carbocycles. The van der Waals surface area contributed by atoms with Crippen LogP contribution in [-0.4, -0.2) is 42.3 Å². The summed E-state index contributed by atoms with van der Waals surface area (Å²) in [5.74, 6) is 3.04. The van der Waals surface area contributed by atoms with E-state index in [9.17, 15) is 0 Å². The van der Waals surface area contributed by atoms with E-state index < -0.39 is 0 Å². The fraction of sp³-hybridized carbons (Fsp3) is 0.222. The van der Waals surface area contributed by atoms with Crippen LogP contribution in [0.4, 0.5) is 10.9 Å². The lowest BCUT2D eigenvalue weighted by atomic mass is 10.1. The van der Waals surface area contributed by atoms with Gasteiger partial charge in [-0.15, -0.1) is 0 Å². The van der Waals surface area contributed by atoms with Gasteiger partial charge in [-0.25, -0.2) is 9.97 Å². The quantitative estimate of drug-likeness (QED) is 0.496. The fourth-order valence-electron chi connectivity index (χ4n) is 2.92. The minimum atomic E-state index is 0.296. The van der Waals surface area contributed by atoms with Crippen LogP contribution in [0, 0.1) is 0 Å². The Kier molecular flexibility index (Phi) is 4.17. The summed E-state index contributed by atoms with van der Waals surface area (Å²) >= 11 is 1.32. The normalized spacial score (nSPS) is 12.5. The summed E-state index contributed by atoms with van der Waals surface area (Å²) in [4.78, 5) is 15.0. The van der Waals surface area contributed by atoms with Crippen molar-refractivity contribution in [3.8, 4) is 17.4 Å². The summed E-state index contributed by atoms with van der Waals surface area (Å²) in [6, 6.07) is 6.06. The number of ether oxygens (including phenoxy) is 2. The van der Waals surface area contributed by atoms with Crippen molar-refractivity contribution in [3.63, 3.8) is 0 Å². The summed E-state index contributed by atoms with van der Waals surface area (Å²) in [5.41, 5.74) is 1.20. The third kappa shape index (κ3) is 3.18. The standard InChI is InChI=1S/C18H17N7O2S/c1-23(18-21-17(22-28-18)25-7-5-19-10-25)16-9-24(11-20-16)6-4-13-2-3-14-15(8-13)27-12-26-14/h2-3,5,7-11H,4,6,12H2,1H3. The van der Waals surface area contributed by atoms with Gasteiger partial charge in [0.05, 0.1) is 6.33 Å². The number of aryl methyl sites for hydroxylation is 2. The molecular formula is C18H17N7O2S. The molecule has 0 bridgehead atoms. The van der Waals surface area contributed by atoms with Crippen LogP contribution < -0.4 is 14.4 Å². The van der Waals surface area contributed by atoms with E-state index in [0.717, 1.165) is 35.4 Å². The van der Waals surface area contributed by atoms with Gasteiger partial charge in [0.2, 0.25) is 17.9 Å². The van der Waals surface area contributed by atoms with Crippen molar-refractivity contribution in [1.29, 1.82) is 0 Å². The highest BCUT2D eigenvalue weighted by Crippen LogP contribution is 2.32. The molecule has 142 valence electrons. The summed E-state index contributed by atoms with van der Waals surface area (Å²) in [6.07, 6.45) is 9.90. The van der Waals surface area contributed by atoms with Crippen LogP contribution in [0.2, 0.25) is 0 Å². The highest BCUT2D eigenvalue weighted by molar-refractivity contribution is 7.09. The maximum atomic E-state index is 5.44. The van der Waals surface area contributed by atoms with Crippen molar-refractivity contribution in [2.45, 2.75) is 13.0 Å². The smallest absolute Gasteiger partial charge is 0.248 e. The molecule has 28 heavy (non-hydrogen) atoms. The second kappa shape index (κ2) is 6.97. The first-order valence-corrected chi connectivity index (χ1v) is 9.50. The zero-order chi connectivity index (χ0) is 18.9. The Morgan fingerprint density at radius 3 is 3.04 bits per heavy atom. The van der Waals surface area contributed by atoms with Crippen molar-refractivity contribution < 1.29 is 9.47 Å². The van der Waals surface area contributed by atoms with Gasteiger partial charge in [0.1, 0.15) is 6.33 Å². The second-order valence-corrected chi connectivity index (χ2v) is 7.04. The summed E-state index contributed by atoms with van der Waals surface area (Å²) in [6.45, 7) is 1.11. The molecule has 10 heteroatoms. The first kappa shape index (κ1) is 16.8. The Bertz CT molecular complexity index is 1090. The molecule has 0 fully saturated rings. The topological polar surface area (TPSA) is 83.1 Å². The van der Waals surface area contributed by atoms with E-state index in [1.54, 1.807) is 17.1 Å². The van der Waals surface area contributed by atoms with Crippen molar-refractivity contribution >= 4 is 22.5 Å². The van der Waals surface area contributed by atoms with Crippen LogP contribution in [0.5, 0.6) is 11.5 Å². The van der Waals surface area contributed by atoms with E-state index in [4.69, 9.17) is 9.47 Å². The lowest BCUT2D eigenvalue weighted by Gasteiger charge is -2.11. The third-order valence-corrected chi connectivity index (χ3v) is 5.27. The van der Waals surface area contributed by atoms with Crippen LogP contribution in [0.1, 0.15) is 5.56 Å². The van der Waals surface area contributed by atoms with E-state index in [1.165, 1.54) is 17.1 Å². The maximum absolute atomic E-state index is 5.44. The van der Waals surface area contributed by atoms with E-state index in [-0.39, 0.29) is 0 Å². The van der Waals surface area contributed by atoms with Gasteiger partial charge < -0.3 is 18.9 Å². The third-order valence-electron chi connectivity index (χ3n) is 4.49. The minimum absolute atomic E-state index is 0.296. The van der Waals surface area contributed by atoms with Gasteiger partial charge in [-0.1, -0.05) is 6.07 Å². The molecule has 0 saturated carbocycles. The molecule has 0 aliphatic carbocycles. The van der Waals surface area contributed by atoms with E-state index in [0.29, 0.717) is 12.7 Å². The van der Waals surface area contributed by atoms with Crippen LogP contribution in [0.15, 0.2) is 49.4 Å². The summed E-state index contributed by atoms with van der Waals surface area (Å²) in [5, 5.41) is 0.768. The molecule has 1 aliphatic rings. The molecule has 9 nitrogen and oxygen atoms in total. The molecule has 1 aliphatic heterocycles. The average molecular weight is 395 g/mol. The number of aromatic nitrogens is 6. The Hall–Kier alpha value is -3.40. The van der Waals surface area contributed by atoms with Gasteiger partial charge in [0.15, 0.2) is 17.3 Å². The molecular weight excluding hydrogens is 378 g/mol. The molecule has 5 rings (SSSR count). The number of anilines is 2. The number of rotatable bonds is 6. The highest BCUT2D eigenvalue weighted by Gasteiger charge is 2.15. The molecule has 0 radical (unpaired) electrons. The molecule has 0 amide bonds. The summed E-state index contributed by atoms with van der Waals surface area (Å²) < 4.78 is 19.0. The van der Waals surface area contributed by atoms with Crippen LogP contribution in [0.3, 0.4) is 0 Å². The molecule has 0 N–H and O–H groups in total. The molecule has 0 spiro atoms. The number of fused-ring (bicyclic) bond motifs is 1. The van der Waals surface area contributed by atoms with E-state index in [1.807, 2.05) is 42.8 Å². The zero-order valence-electron chi connectivity index (χ0n) is 15.1. The Morgan fingerprint density at radius 1 is 1.21 bits per heavy atom. The summed E-state index contributed by atoms with van der Waals surface area (Å²) in [7, 11) is 1.93. The van der Waals surface area contributed by atoms with Crippen LogP contribution in [0.25, 0.3) is 5.95 Å². The molecule has 0 atom stereocenters. The number of hydrogen-bond donors (Lipinski definition) is 0. The Labute approximate surface area is 165 Å². The predicted octanol–water partition coefficient (Wildman–Crippen LogP) is 2.66. The predicted molar refractivity (Wildman–Crippen MR) is 104 cm³/mol. The Morgan fingerprint density at radius 2 is 2.14 bits per heavy atom. The molecule has 3 aromatic heterocycles. The molecule has 4 aromatic rings. The molecule has 0 saturated heterocycles. The number of hydrogen-bond acceptors (Lipinski definition) is 8.